The summed E-state index contributed by atoms with van der Waals surface area (Å²) in [5, 5.41) is 9.49. The molecule has 3 rings (SSSR count). The van der Waals surface area contributed by atoms with Crippen molar-refractivity contribution < 1.29 is 13.2 Å². The molecule has 1 fully saturated rings. The van der Waals surface area contributed by atoms with Crippen molar-refractivity contribution in [1.29, 1.82) is 0 Å². The Balaban J connectivity index is 1.71. The van der Waals surface area contributed by atoms with E-state index in [1.165, 1.54) is 0 Å². The first-order chi connectivity index (χ1) is 11.9. The van der Waals surface area contributed by atoms with Gasteiger partial charge in [0.1, 0.15) is 5.82 Å². The van der Waals surface area contributed by atoms with Crippen LogP contribution in [0.1, 0.15) is 23.6 Å². The van der Waals surface area contributed by atoms with Crippen LogP contribution in [0.5, 0.6) is 0 Å². The quantitative estimate of drug-likeness (QED) is 0.824. The summed E-state index contributed by atoms with van der Waals surface area (Å²) in [6.45, 7) is 2.33. The molecule has 0 bridgehead atoms. The molecule has 0 aliphatic carbocycles. The van der Waals surface area contributed by atoms with Crippen molar-refractivity contribution in [3.8, 4) is 0 Å². The second kappa shape index (κ2) is 7.22. The second-order valence-corrected chi connectivity index (χ2v) is 8.39. The van der Waals surface area contributed by atoms with Crippen LogP contribution in [0.3, 0.4) is 0 Å². The van der Waals surface area contributed by atoms with Crippen LogP contribution in [-0.4, -0.2) is 52.1 Å². The minimum Gasteiger partial charge on any atom is -0.331 e. The molecule has 134 valence electrons. The summed E-state index contributed by atoms with van der Waals surface area (Å²) in [4.78, 5) is 18.4. The van der Waals surface area contributed by atoms with Gasteiger partial charge >= 0.3 is 6.03 Å². The first-order valence-corrected chi connectivity index (χ1v) is 9.92. The second-order valence-electron chi connectivity index (χ2n) is 6.17. The maximum atomic E-state index is 12.7. The Kier molecular flexibility index (Phi) is 5.03. The first kappa shape index (κ1) is 17.4. The molecule has 25 heavy (non-hydrogen) atoms. The van der Waals surface area contributed by atoms with Crippen LogP contribution in [0.15, 0.2) is 30.3 Å². The van der Waals surface area contributed by atoms with E-state index in [0.717, 1.165) is 5.56 Å². The summed E-state index contributed by atoms with van der Waals surface area (Å²) in [5.74, 6) is 1.29. The molecule has 8 nitrogen and oxygen atoms in total. The van der Waals surface area contributed by atoms with Crippen LogP contribution < -0.4 is 5.32 Å². The predicted molar refractivity (Wildman–Crippen MR) is 92.4 cm³/mol. The Bertz CT molecular complexity index is 834. The van der Waals surface area contributed by atoms with Gasteiger partial charge in [-0.15, -0.1) is 0 Å². The molecule has 1 aliphatic heterocycles. The van der Waals surface area contributed by atoms with Crippen molar-refractivity contribution in [1.82, 2.24) is 25.4 Å². The number of nitrogens with one attached hydrogen (secondary N) is 2. The lowest BCUT2D eigenvalue weighted by atomic mass is 10.1. The number of rotatable bonds is 5. The zero-order chi connectivity index (χ0) is 17.9. The molecular weight excluding hydrogens is 342 g/mol. The molecule has 0 radical (unpaired) electrons. The van der Waals surface area contributed by atoms with Crippen LogP contribution >= 0.6 is 0 Å². The predicted octanol–water partition coefficient (Wildman–Crippen LogP) is 1.01. The number of H-pyrrole nitrogens is 1. The Labute approximate surface area is 146 Å². The van der Waals surface area contributed by atoms with Crippen molar-refractivity contribution in [3.63, 3.8) is 0 Å². The highest BCUT2D eigenvalue weighted by atomic mass is 32.2. The third-order valence-electron chi connectivity index (χ3n) is 4.15. The zero-order valence-electron chi connectivity index (χ0n) is 14.0. The van der Waals surface area contributed by atoms with E-state index in [0.29, 0.717) is 24.6 Å². The van der Waals surface area contributed by atoms with E-state index in [1.54, 1.807) is 11.8 Å². The molecule has 2 amide bonds. The van der Waals surface area contributed by atoms with Gasteiger partial charge in [0.2, 0.25) is 0 Å². The number of urea groups is 1. The number of benzene rings is 1. The third-order valence-corrected chi connectivity index (χ3v) is 5.90. The summed E-state index contributed by atoms with van der Waals surface area (Å²) < 4.78 is 23.6. The molecule has 2 aromatic rings. The van der Waals surface area contributed by atoms with Gasteiger partial charge in [-0.1, -0.05) is 30.3 Å². The van der Waals surface area contributed by atoms with Gasteiger partial charge < -0.3 is 10.2 Å². The molecule has 1 atom stereocenters. The lowest BCUT2D eigenvalue weighted by Crippen LogP contribution is -2.46. The van der Waals surface area contributed by atoms with Crippen molar-refractivity contribution in [2.75, 3.05) is 11.5 Å². The molecule has 0 saturated carbocycles. The summed E-state index contributed by atoms with van der Waals surface area (Å²) in [7, 11) is -3.08. The maximum absolute atomic E-state index is 12.7. The van der Waals surface area contributed by atoms with Crippen molar-refractivity contribution in [3.05, 3.63) is 47.5 Å². The minimum atomic E-state index is -3.08. The van der Waals surface area contributed by atoms with Crippen LogP contribution in [-0.2, 0) is 22.9 Å². The Morgan fingerprint density at radius 3 is 2.72 bits per heavy atom. The van der Waals surface area contributed by atoms with Crippen LogP contribution in [0.25, 0.3) is 0 Å². The Morgan fingerprint density at radius 1 is 1.36 bits per heavy atom. The number of hydrogen-bond donors (Lipinski definition) is 2. The van der Waals surface area contributed by atoms with E-state index in [4.69, 9.17) is 0 Å². The van der Waals surface area contributed by atoms with Gasteiger partial charge in [0.15, 0.2) is 15.7 Å². The molecule has 2 heterocycles. The largest absolute Gasteiger partial charge is 0.331 e. The molecule has 0 unspecified atom stereocenters. The molecular formula is C16H21N5O3S. The normalized spacial score (nSPS) is 18.8. The number of carbonyl (C=O) groups excluding carboxylic acids is 1. The Hall–Kier alpha value is -2.42. The van der Waals surface area contributed by atoms with E-state index in [-0.39, 0.29) is 30.1 Å². The first-order valence-electron chi connectivity index (χ1n) is 8.10. The highest BCUT2D eigenvalue weighted by Crippen LogP contribution is 2.20. The summed E-state index contributed by atoms with van der Waals surface area (Å²) in [6.07, 6.45) is 0.461. The molecule has 1 aliphatic rings. The fraction of sp³-hybridized carbons (Fsp3) is 0.438. The maximum Gasteiger partial charge on any atom is 0.318 e. The molecule has 1 aromatic carbocycles. The van der Waals surface area contributed by atoms with Gasteiger partial charge in [0.25, 0.3) is 0 Å². The minimum absolute atomic E-state index is 0.00696. The van der Waals surface area contributed by atoms with E-state index >= 15 is 0 Å². The molecule has 0 spiro atoms. The topological polar surface area (TPSA) is 108 Å². The summed E-state index contributed by atoms with van der Waals surface area (Å²) in [6, 6.07) is 8.90. The number of hydrogen-bond acceptors (Lipinski definition) is 5. The monoisotopic (exact) mass is 363 g/mol. The highest BCUT2D eigenvalue weighted by molar-refractivity contribution is 7.91. The molecule has 1 aromatic heterocycles. The highest BCUT2D eigenvalue weighted by Gasteiger charge is 2.34. The van der Waals surface area contributed by atoms with Gasteiger partial charge in [0, 0.05) is 12.6 Å². The van der Waals surface area contributed by atoms with Crippen LogP contribution in [0.2, 0.25) is 0 Å². The average molecular weight is 363 g/mol. The van der Waals surface area contributed by atoms with Crippen molar-refractivity contribution >= 4 is 15.9 Å². The lowest BCUT2D eigenvalue weighted by molar-refractivity contribution is 0.175. The number of amides is 2. The van der Waals surface area contributed by atoms with Crippen molar-refractivity contribution in [2.45, 2.75) is 32.5 Å². The number of aromatic nitrogens is 3. The number of sulfone groups is 1. The van der Waals surface area contributed by atoms with E-state index in [1.807, 2.05) is 30.3 Å². The van der Waals surface area contributed by atoms with E-state index < -0.39 is 9.84 Å². The molecule has 2 N–H and O–H groups in total. The van der Waals surface area contributed by atoms with Gasteiger partial charge in [-0.05, 0) is 18.9 Å². The van der Waals surface area contributed by atoms with Crippen LogP contribution in [0.4, 0.5) is 4.79 Å². The zero-order valence-corrected chi connectivity index (χ0v) is 14.8. The smallest absolute Gasteiger partial charge is 0.318 e. The summed E-state index contributed by atoms with van der Waals surface area (Å²) >= 11 is 0. The van der Waals surface area contributed by atoms with Crippen molar-refractivity contribution in [2.24, 2.45) is 0 Å². The average Bonchev–Trinajstić information content (AvgIpc) is 3.16. The fourth-order valence-corrected chi connectivity index (χ4v) is 4.62. The van der Waals surface area contributed by atoms with Gasteiger partial charge in [-0.25, -0.2) is 18.2 Å². The molecule has 1 saturated heterocycles. The van der Waals surface area contributed by atoms with Crippen LogP contribution in [0, 0.1) is 6.92 Å². The number of nitrogens with zero attached hydrogens (tertiary/aromatic N) is 3. The Morgan fingerprint density at radius 2 is 2.12 bits per heavy atom. The van der Waals surface area contributed by atoms with E-state index in [2.05, 4.69) is 20.5 Å². The van der Waals surface area contributed by atoms with Gasteiger partial charge in [-0.3, -0.25) is 5.10 Å². The molecule has 9 heteroatoms. The third kappa shape index (κ3) is 4.56. The standard InChI is InChI=1S/C16H21N5O3S/c1-12-18-15(20-19-12)9-17-16(22)21(10-13-5-3-2-4-6-13)14-7-8-25(23,24)11-14/h2-6,14H,7-11H2,1H3,(H,17,22)(H,18,19,20)/t14-/m1/s1. The van der Waals surface area contributed by atoms with Gasteiger partial charge in [-0.2, -0.15) is 5.10 Å². The number of carbonyl (C=O) groups is 1. The fourth-order valence-electron chi connectivity index (χ4n) is 2.89. The van der Waals surface area contributed by atoms with E-state index in [9.17, 15) is 13.2 Å². The number of aromatic amines is 1. The lowest BCUT2D eigenvalue weighted by Gasteiger charge is -2.28. The van der Waals surface area contributed by atoms with Gasteiger partial charge in [0.05, 0.1) is 18.1 Å². The summed E-state index contributed by atoms with van der Waals surface area (Å²) in [5.41, 5.74) is 0.954. The number of aryl methyl sites for hydroxylation is 1. The SMILES string of the molecule is Cc1nc(CNC(=O)N(Cc2ccccc2)[C@@H]2CCS(=O)(=O)C2)n[nH]1.